The molecule has 0 amide bonds. The molecule has 0 unspecified atom stereocenters. The van der Waals surface area contributed by atoms with Crippen LogP contribution in [0.25, 0.3) is 0 Å². The van der Waals surface area contributed by atoms with Crippen molar-refractivity contribution in [2.45, 2.75) is 52.4 Å². The number of rotatable bonds is 12. The molecule has 0 radical (unpaired) electrons. The summed E-state index contributed by atoms with van der Waals surface area (Å²) in [6, 6.07) is 3.84. The molecule has 0 heterocycles. The fraction of sp³-hybridized carbons (Fsp3) is 0.545. The summed E-state index contributed by atoms with van der Waals surface area (Å²) < 4.78 is 21.7. The molecule has 0 fully saturated rings. The first-order valence-electron chi connectivity index (χ1n) is 10.0. The van der Waals surface area contributed by atoms with Crippen molar-refractivity contribution >= 4 is 11.9 Å². The fourth-order valence-electron chi connectivity index (χ4n) is 3.03. The maximum atomic E-state index is 11.4. The third-order valence-electron chi connectivity index (χ3n) is 4.33. The van der Waals surface area contributed by atoms with E-state index in [1.165, 1.54) is 0 Å². The van der Waals surface area contributed by atoms with E-state index in [-0.39, 0.29) is 11.9 Å². The van der Waals surface area contributed by atoms with Crippen LogP contribution in [0, 0.1) is 0 Å². The van der Waals surface area contributed by atoms with Gasteiger partial charge in [-0.1, -0.05) is 12.2 Å². The molecule has 0 saturated carbocycles. The molecule has 0 N–H and O–H groups in total. The molecule has 1 aliphatic carbocycles. The average molecular weight is 390 g/mol. The molecule has 154 valence electrons. The molecule has 0 saturated heterocycles. The standard InChI is InChI=1S/C22H30O6/c1-3-25-21(23)11-7-15-27-19-13-14-20(18-10-6-5-9-17(18)19)28-16-8-12-22(24)26-4-2/h5-6,13-14H,3-4,7-12,15-16H2,1-2H3. The second-order valence-electron chi connectivity index (χ2n) is 6.41. The van der Waals surface area contributed by atoms with Gasteiger partial charge in [0, 0.05) is 24.0 Å². The van der Waals surface area contributed by atoms with E-state index in [4.69, 9.17) is 18.9 Å². The normalized spacial score (nSPS) is 12.2. The van der Waals surface area contributed by atoms with E-state index in [0.29, 0.717) is 52.1 Å². The van der Waals surface area contributed by atoms with Gasteiger partial charge in [0.05, 0.1) is 26.4 Å². The Hall–Kier alpha value is -2.50. The van der Waals surface area contributed by atoms with Gasteiger partial charge in [0.25, 0.3) is 0 Å². The van der Waals surface area contributed by atoms with Crippen molar-refractivity contribution in [3.63, 3.8) is 0 Å². The Morgan fingerprint density at radius 2 is 1.21 bits per heavy atom. The number of carbonyl (C=O) groups is 2. The summed E-state index contributed by atoms with van der Waals surface area (Å²) in [4.78, 5) is 22.8. The van der Waals surface area contributed by atoms with Crippen LogP contribution in [0.15, 0.2) is 24.3 Å². The third kappa shape index (κ3) is 6.91. The van der Waals surface area contributed by atoms with Crippen molar-refractivity contribution in [2.24, 2.45) is 0 Å². The van der Waals surface area contributed by atoms with Crippen LogP contribution in [0.3, 0.4) is 0 Å². The van der Waals surface area contributed by atoms with Crippen molar-refractivity contribution in [3.05, 3.63) is 35.4 Å². The summed E-state index contributed by atoms with van der Waals surface area (Å²) in [6.07, 6.45) is 7.79. The number of fused-ring (bicyclic) bond motifs is 1. The zero-order chi connectivity index (χ0) is 20.2. The first kappa shape index (κ1) is 21.8. The number of ether oxygens (including phenoxy) is 4. The van der Waals surface area contributed by atoms with Crippen LogP contribution in [0.1, 0.15) is 50.7 Å². The number of hydrogen-bond donors (Lipinski definition) is 0. The van der Waals surface area contributed by atoms with Crippen LogP contribution in [-0.2, 0) is 31.9 Å². The molecule has 1 aliphatic rings. The Kier molecular flexibility index (Phi) is 9.39. The first-order valence-corrected chi connectivity index (χ1v) is 10.0. The van der Waals surface area contributed by atoms with Crippen LogP contribution in [0.4, 0.5) is 0 Å². The molecule has 0 aliphatic heterocycles. The van der Waals surface area contributed by atoms with E-state index in [9.17, 15) is 9.59 Å². The van der Waals surface area contributed by atoms with Gasteiger partial charge in [-0.25, -0.2) is 0 Å². The number of benzene rings is 1. The summed E-state index contributed by atoms with van der Waals surface area (Å²) in [7, 11) is 0. The maximum absolute atomic E-state index is 11.4. The predicted octanol–water partition coefficient (Wildman–Crippen LogP) is 3.79. The zero-order valence-electron chi connectivity index (χ0n) is 16.8. The Balaban J connectivity index is 1.88. The second kappa shape index (κ2) is 12.1. The average Bonchev–Trinajstić information content (AvgIpc) is 2.70. The van der Waals surface area contributed by atoms with Crippen LogP contribution in [0.2, 0.25) is 0 Å². The van der Waals surface area contributed by atoms with E-state index >= 15 is 0 Å². The lowest BCUT2D eigenvalue weighted by atomic mass is 9.95. The van der Waals surface area contributed by atoms with Crippen molar-refractivity contribution < 1.29 is 28.5 Å². The maximum Gasteiger partial charge on any atom is 0.305 e. The quantitative estimate of drug-likeness (QED) is 0.307. The zero-order valence-corrected chi connectivity index (χ0v) is 16.8. The molecule has 0 bridgehead atoms. The molecule has 1 aromatic carbocycles. The highest BCUT2D eigenvalue weighted by Gasteiger charge is 2.17. The summed E-state index contributed by atoms with van der Waals surface area (Å²) >= 11 is 0. The smallest absolute Gasteiger partial charge is 0.305 e. The van der Waals surface area contributed by atoms with Crippen molar-refractivity contribution in [1.82, 2.24) is 0 Å². The number of esters is 2. The largest absolute Gasteiger partial charge is 0.493 e. The number of carbonyl (C=O) groups excluding carboxylic acids is 2. The summed E-state index contributed by atoms with van der Waals surface area (Å²) in [5.74, 6) is 1.29. The topological polar surface area (TPSA) is 71.1 Å². The molecular formula is C22H30O6. The second-order valence-corrected chi connectivity index (χ2v) is 6.41. The molecule has 0 spiro atoms. The summed E-state index contributed by atoms with van der Waals surface area (Å²) in [5.41, 5.74) is 2.25. The SMILES string of the molecule is CCOC(=O)CCCOc1ccc(OCCCC(=O)OCC)c2c1CC=CC2. The minimum absolute atomic E-state index is 0.192. The summed E-state index contributed by atoms with van der Waals surface area (Å²) in [6.45, 7) is 5.34. The van der Waals surface area contributed by atoms with Crippen LogP contribution in [-0.4, -0.2) is 38.4 Å². The lowest BCUT2D eigenvalue weighted by molar-refractivity contribution is -0.144. The third-order valence-corrected chi connectivity index (χ3v) is 4.33. The Morgan fingerprint density at radius 1 is 0.786 bits per heavy atom. The van der Waals surface area contributed by atoms with Gasteiger partial charge in [-0.2, -0.15) is 0 Å². The summed E-state index contributed by atoms with van der Waals surface area (Å²) in [5, 5.41) is 0. The van der Waals surface area contributed by atoms with Gasteiger partial charge in [-0.15, -0.1) is 0 Å². The van der Waals surface area contributed by atoms with E-state index in [1.807, 2.05) is 12.1 Å². The Labute approximate surface area is 166 Å². The molecule has 0 atom stereocenters. The van der Waals surface area contributed by atoms with Gasteiger partial charge in [-0.05, 0) is 51.7 Å². The van der Waals surface area contributed by atoms with E-state index < -0.39 is 0 Å². The molecule has 2 rings (SSSR count). The van der Waals surface area contributed by atoms with E-state index in [0.717, 1.165) is 35.5 Å². The molecule has 6 heteroatoms. The van der Waals surface area contributed by atoms with Gasteiger partial charge in [0.15, 0.2) is 0 Å². The highest BCUT2D eigenvalue weighted by atomic mass is 16.5. The molecular weight excluding hydrogens is 360 g/mol. The van der Waals surface area contributed by atoms with Gasteiger partial charge in [-0.3, -0.25) is 9.59 Å². The minimum Gasteiger partial charge on any atom is -0.493 e. The highest BCUT2D eigenvalue weighted by molar-refractivity contribution is 5.69. The predicted molar refractivity (Wildman–Crippen MR) is 106 cm³/mol. The van der Waals surface area contributed by atoms with Crippen molar-refractivity contribution in [2.75, 3.05) is 26.4 Å². The van der Waals surface area contributed by atoms with E-state index in [1.54, 1.807) is 13.8 Å². The monoisotopic (exact) mass is 390 g/mol. The first-order chi connectivity index (χ1) is 13.7. The Morgan fingerprint density at radius 3 is 1.61 bits per heavy atom. The number of hydrogen-bond acceptors (Lipinski definition) is 6. The van der Waals surface area contributed by atoms with Crippen LogP contribution in [0.5, 0.6) is 11.5 Å². The Bertz CT molecular complexity index is 623. The fourth-order valence-corrected chi connectivity index (χ4v) is 3.03. The lowest BCUT2D eigenvalue weighted by Gasteiger charge is -2.20. The van der Waals surface area contributed by atoms with Gasteiger partial charge >= 0.3 is 11.9 Å². The van der Waals surface area contributed by atoms with Crippen LogP contribution < -0.4 is 9.47 Å². The molecule has 0 aromatic heterocycles. The molecule has 6 nitrogen and oxygen atoms in total. The number of allylic oxidation sites excluding steroid dienone is 2. The van der Waals surface area contributed by atoms with E-state index in [2.05, 4.69) is 12.2 Å². The molecule has 1 aromatic rings. The highest BCUT2D eigenvalue weighted by Crippen LogP contribution is 2.34. The lowest BCUT2D eigenvalue weighted by Crippen LogP contribution is -2.10. The van der Waals surface area contributed by atoms with Gasteiger partial charge in [0.1, 0.15) is 11.5 Å². The minimum atomic E-state index is -0.192. The van der Waals surface area contributed by atoms with Crippen molar-refractivity contribution in [3.8, 4) is 11.5 Å². The molecule has 28 heavy (non-hydrogen) atoms. The van der Waals surface area contributed by atoms with Crippen LogP contribution >= 0.6 is 0 Å². The van der Waals surface area contributed by atoms with Gasteiger partial charge in [0.2, 0.25) is 0 Å². The van der Waals surface area contributed by atoms with Gasteiger partial charge < -0.3 is 18.9 Å². The van der Waals surface area contributed by atoms with Crippen molar-refractivity contribution in [1.29, 1.82) is 0 Å².